The monoisotopic (exact) mass is 425 g/mol. The van der Waals surface area contributed by atoms with Crippen LogP contribution in [0, 0.1) is 5.82 Å². The number of hydrogen-bond acceptors (Lipinski definition) is 4. The summed E-state index contributed by atoms with van der Waals surface area (Å²) in [6, 6.07) is 19.7. The minimum atomic E-state index is -0.451. The molecule has 7 heteroatoms. The van der Waals surface area contributed by atoms with Gasteiger partial charge in [-0.25, -0.2) is 4.39 Å². The van der Waals surface area contributed by atoms with Crippen LogP contribution in [0.2, 0.25) is 5.02 Å². The highest BCUT2D eigenvalue weighted by Crippen LogP contribution is 2.28. The number of carbonyl (C=O) groups excluding carboxylic acids is 1. The smallest absolute Gasteiger partial charge is 0.248 e. The van der Waals surface area contributed by atoms with E-state index < -0.39 is 11.7 Å². The predicted molar refractivity (Wildman–Crippen MR) is 117 cm³/mol. The van der Waals surface area contributed by atoms with E-state index in [2.05, 4.69) is 16.3 Å². The Kier molecular flexibility index (Phi) is 5.77. The largest absolute Gasteiger partial charge is 0.484 e. The fourth-order valence-electron chi connectivity index (χ4n) is 3.33. The van der Waals surface area contributed by atoms with E-state index >= 15 is 0 Å². The quantitative estimate of drug-likeness (QED) is 0.586. The Morgan fingerprint density at radius 1 is 1.13 bits per heavy atom. The first-order chi connectivity index (χ1) is 14.5. The number of benzene rings is 3. The van der Waals surface area contributed by atoms with Crippen LogP contribution in [-0.2, 0) is 6.54 Å². The van der Waals surface area contributed by atoms with E-state index in [0.29, 0.717) is 30.2 Å². The maximum Gasteiger partial charge on any atom is 0.248 e. The van der Waals surface area contributed by atoms with E-state index in [-0.39, 0.29) is 11.9 Å². The summed E-state index contributed by atoms with van der Waals surface area (Å²) >= 11 is 5.78. The molecule has 0 saturated carbocycles. The third kappa shape index (κ3) is 4.66. The second-order valence-electron chi connectivity index (χ2n) is 7.19. The molecule has 154 valence electrons. The van der Waals surface area contributed by atoms with Crippen molar-refractivity contribution in [1.82, 2.24) is 0 Å². The van der Waals surface area contributed by atoms with Crippen molar-refractivity contribution in [2.45, 2.75) is 12.6 Å². The fourth-order valence-corrected chi connectivity index (χ4v) is 3.48. The number of nitrogens with two attached hydrogens (primary N) is 1. The molecular formula is C23H21ClFN3O2. The molecular weight excluding hydrogens is 405 g/mol. The normalized spacial score (nSPS) is 13.6. The molecule has 0 atom stereocenters. The Morgan fingerprint density at radius 3 is 2.70 bits per heavy atom. The predicted octanol–water partition coefficient (Wildman–Crippen LogP) is 4.46. The van der Waals surface area contributed by atoms with E-state index in [4.69, 9.17) is 22.1 Å². The first kappa shape index (κ1) is 20.0. The molecule has 0 radical (unpaired) electrons. The highest BCUT2D eigenvalue weighted by atomic mass is 35.5. The van der Waals surface area contributed by atoms with Crippen LogP contribution in [0.4, 0.5) is 15.8 Å². The minimum Gasteiger partial charge on any atom is -0.484 e. The highest BCUT2D eigenvalue weighted by molar-refractivity contribution is 6.30. The van der Waals surface area contributed by atoms with Gasteiger partial charge in [0, 0.05) is 28.5 Å². The van der Waals surface area contributed by atoms with Crippen LogP contribution in [0.25, 0.3) is 0 Å². The lowest BCUT2D eigenvalue weighted by molar-refractivity contribution is 0.1000. The fraction of sp³-hybridized carbons (Fsp3) is 0.174. The van der Waals surface area contributed by atoms with Crippen molar-refractivity contribution in [3.63, 3.8) is 0 Å². The molecule has 1 aliphatic rings. The number of amides is 1. The van der Waals surface area contributed by atoms with Gasteiger partial charge < -0.3 is 20.7 Å². The molecule has 0 unspecified atom stereocenters. The van der Waals surface area contributed by atoms with E-state index in [1.165, 1.54) is 6.07 Å². The number of nitrogens with zero attached hydrogens (tertiary/aromatic N) is 1. The summed E-state index contributed by atoms with van der Waals surface area (Å²) in [4.78, 5) is 13.5. The summed E-state index contributed by atoms with van der Waals surface area (Å²) in [5, 5.41) is 3.71. The maximum absolute atomic E-state index is 13.9. The molecule has 3 aromatic carbocycles. The van der Waals surface area contributed by atoms with Crippen LogP contribution in [0.1, 0.15) is 15.9 Å². The molecule has 5 nitrogen and oxygen atoms in total. The van der Waals surface area contributed by atoms with Gasteiger partial charge in [0.2, 0.25) is 5.91 Å². The Bertz CT molecular complexity index is 1070. The van der Waals surface area contributed by atoms with Crippen LogP contribution in [0.15, 0.2) is 66.7 Å². The molecule has 3 aromatic rings. The number of carbonyl (C=O) groups is 1. The molecule has 0 aromatic heterocycles. The van der Waals surface area contributed by atoms with Crippen LogP contribution >= 0.6 is 11.6 Å². The van der Waals surface area contributed by atoms with Gasteiger partial charge in [-0.1, -0.05) is 29.8 Å². The molecule has 0 bridgehead atoms. The second-order valence-corrected chi connectivity index (χ2v) is 7.62. The van der Waals surface area contributed by atoms with E-state index in [1.807, 2.05) is 30.3 Å². The van der Waals surface area contributed by atoms with Crippen LogP contribution < -0.4 is 20.7 Å². The minimum absolute atomic E-state index is 0.0752. The summed E-state index contributed by atoms with van der Waals surface area (Å²) in [7, 11) is 0. The van der Waals surface area contributed by atoms with Crippen molar-refractivity contribution in [2.75, 3.05) is 23.3 Å². The van der Waals surface area contributed by atoms with Crippen molar-refractivity contribution in [3.05, 3.63) is 88.7 Å². The van der Waals surface area contributed by atoms with E-state index in [9.17, 15) is 9.18 Å². The molecule has 3 N–H and O–H groups in total. The van der Waals surface area contributed by atoms with Crippen LogP contribution in [-0.4, -0.2) is 25.1 Å². The van der Waals surface area contributed by atoms with Gasteiger partial charge in [0.1, 0.15) is 6.10 Å². The zero-order chi connectivity index (χ0) is 21.1. The lowest BCUT2D eigenvalue weighted by Crippen LogP contribution is -2.54. The van der Waals surface area contributed by atoms with Gasteiger partial charge in [0.15, 0.2) is 11.6 Å². The van der Waals surface area contributed by atoms with E-state index in [1.54, 1.807) is 24.3 Å². The first-order valence-corrected chi connectivity index (χ1v) is 9.95. The molecule has 1 fully saturated rings. The first-order valence-electron chi connectivity index (χ1n) is 9.57. The zero-order valence-corrected chi connectivity index (χ0v) is 16.9. The van der Waals surface area contributed by atoms with Gasteiger partial charge in [-0.3, -0.25) is 4.79 Å². The van der Waals surface area contributed by atoms with Crippen molar-refractivity contribution < 1.29 is 13.9 Å². The third-order valence-electron chi connectivity index (χ3n) is 4.96. The summed E-state index contributed by atoms with van der Waals surface area (Å²) in [6.07, 6.45) is -0.0752. The topological polar surface area (TPSA) is 67.6 Å². The number of ether oxygens (including phenoxy) is 1. The van der Waals surface area contributed by atoms with Gasteiger partial charge in [-0.2, -0.15) is 0 Å². The molecule has 1 aliphatic heterocycles. The van der Waals surface area contributed by atoms with Crippen LogP contribution in [0.3, 0.4) is 0 Å². The number of halogens is 2. The summed E-state index contributed by atoms with van der Waals surface area (Å²) < 4.78 is 19.6. The van der Waals surface area contributed by atoms with Gasteiger partial charge in [-0.05, 0) is 54.1 Å². The highest BCUT2D eigenvalue weighted by Gasteiger charge is 2.29. The molecule has 1 heterocycles. The molecule has 1 saturated heterocycles. The van der Waals surface area contributed by atoms with Gasteiger partial charge in [-0.15, -0.1) is 0 Å². The van der Waals surface area contributed by atoms with Crippen LogP contribution in [0.5, 0.6) is 5.75 Å². The van der Waals surface area contributed by atoms with E-state index in [0.717, 1.165) is 16.9 Å². The van der Waals surface area contributed by atoms with Gasteiger partial charge in [0.25, 0.3) is 0 Å². The molecule has 30 heavy (non-hydrogen) atoms. The van der Waals surface area contributed by atoms with Gasteiger partial charge in [0.05, 0.1) is 13.1 Å². The van der Waals surface area contributed by atoms with Gasteiger partial charge >= 0.3 is 0 Å². The Morgan fingerprint density at radius 2 is 1.93 bits per heavy atom. The SMILES string of the molecule is NC(=O)c1cccc(CNc2cccc(N3CC(Oc4ccc(Cl)cc4F)C3)c2)c1. The standard InChI is InChI=1S/C23H21ClFN3O2/c24-17-7-8-22(21(25)10-17)30-20-13-28(14-20)19-6-2-5-18(11-19)27-12-15-3-1-4-16(9-15)23(26)29/h1-11,20,27H,12-14H2,(H2,26,29). The average molecular weight is 426 g/mol. The van der Waals surface area contributed by atoms with Crippen molar-refractivity contribution in [3.8, 4) is 5.75 Å². The molecule has 1 amide bonds. The Labute approximate surface area is 179 Å². The number of hydrogen-bond donors (Lipinski definition) is 2. The Hall–Kier alpha value is -3.25. The van der Waals surface area contributed by atoms with Crippen molar-refractivity contribution in [2.24, 2.45) is 5.73 Å². The summed E-state index contributed by atoms with van der Waals surface area (Å²) in [5.41, 5.74) is 8.82. The number of anilines is 2. The zero-order valence-electron chi connectivity index (χ0n) is 16.1. The second kappa shape index (κ2) is 8.63. The lowest BCUT2D eigenvalue weighted by atomic mass is 10.1. The number of nitrogens with one attached hydrogen (secondary N) is 1. The maximum atomic E-state index is 13.9. The summed E-state index contributed by atoms with van der Waals surface area (Å²) in [5.74, 6) is -0.669. The number of primary amides is 1. The Balaban J connectivity index is 1.33. The number of rotatable bonds is 7. The molecule has 0 aliphatic carbocycles. The lowest BCUT2D eigenvalue weighted by Gasteiger charge is -2.40. The third-order valence-corrected chi connectivity index (χ3v) is 5.19. The van der Waals surface area contributed by atoms with Crippen molar-refractivity contribution in [1.29, 1.82) is 0 Å². The summed E-state index contributed by atoms with van der Waals surface area (Å²) in [6.45, 7) is 1.92. The molecule has 4 rings (SSSR count). The van der Waals surface area contributed by atoms with Crippen molar-refractivity contribution >= 4 is 28.9 Å². The molecule has 0 spiro atoms. The average Bonchev–Trinajstić information content (AvgIpc) is 2.70.